The van der Waals surface area contributed by atoms with Gasteiger partial charge >= 0.3 is 0 Å². The van der Waals surface area contributed by atoms with Crippen molar-refractivity contribution in [3.63, 3.8) is 0 Å². The number of carbonyl (C=O) groups is 10. The molecule has 0 saturated carbocycles. The van der Waals surface area contributed by atoms with Crippen molar-refractivity contribution < 1.29 is 76.1 Å². The number of Topliss-reactive ketones (excluding diaryl/α,β-unsaturated/α-hetero) is 10. The van der Waals surface area contributed by atoms with Crippen LogP contribution in [0.2, 0.25) is 0 Å². The fourth-order valence-electron chi connectivity index (χ4n) is 25.7. The van der Waals surface area contributed by atoms with E-state index in [2.05, 4.69) is 52.7 Å². The summed E-state index contributed by atoms with van der Waals surface area (Å²) in [5, 5.41) is 16.9. The number of nitrogens with zero attached hydrogens (tertiary/aromatic N) is 2. The highest BCUT2D eigenvalue weighted by atomic mass is 19.1. The molecular formula is C128H101FN2O15. The molecule has 146 heavy (non-hydrogen) atoms. The fraction of sp³-hybridized carbons (Fsp3) is 0.234. The second-order valence-electron chi connectivity index (χ2n) is 40.2. The van der Waals surface area contributed by atoms with Gasteiger partial charge in [0.15, 0.2) is 69.3 Å². The van der Waals surface area contributed by atoms with E-state index in [9.17, 15) is 52.3 Å². The number of benzene rings is 11. The second-order valence-corrected chi connectivity index (χ2v) is 40.2. The van der Waals surface area contributed by atoms with E-state index in [0.29, 0.717) is 99.9 Å². The van der Waals surface area contributed by atoms with Gasteiger partial charge in [-0.2, -0.15) is 0 Å². The molecule has 5 unspecified atom stereocenters. The first-order chi connectivity index (χ1) is 71.4. The van der Waals surface area contributed by atoms with E-state index in [0.717, 1.165) is 260 Å². The molecule has 12 aromatic rings. The van der Waals surface area contributed by atoms with E-state index < -0.39 is 0 Å². The maximum atomic E-state index is 13.5. The van der Waals surface area contributed by atoms with Gasteiger partial charge < -0.3 is 23.7 Å². The minimum Gasteiger partial charge on any atom is -0.491 e. The third-order valence-electron chi connectivity index (χ3n) is 32.0. The molecule has 1 aliphatic heterocycles. The number of aromatic nitrogens is 2. The van der Waals surface area contributed by atoms with Crippen LogP contribution in [0.5, 0.6) is 17.2 Å². The monoisotopic (exact) mass is 1920 g/mol. The molecule has 18 heteroatoms. The number of aryl methyl sites for hydroxylation is 1. The van der Waals surface area contributed by atoms with Gasteiger partial charge in [0.1, 0.15) is 31.4 Å². The third kappa shape index (κ3) is 16.1. The van der Waals surface area contributed by atoms with Crippen LogP contribution < -0.4 is 14.2 Å². The Morgan fingerprint density at radius 1 is 0.295 bits per heavy atom. The molecule has 28 rings (SSSR count). The van der Waals surface area contributed by atoms with Crippen molar-refractivity contribution in [2.45, 2.75) is 165 Å². The van der Waals surface area contributed by atoms with Crippen LogP contribution in [0.3, 0.4) is 0 Å². The summed E-state index contributed by atoms with van der Waals surface area (Å²) in [4.78, 5) is 132. The summed E-state index contributed by atoms with van der Waals surface area (Å²) < 4.78 is 35.9. The zero-order valence-corrected chi connectivity index (χ0v) is 80.7. The second kappa shape index (κ2) is 38.2. The van der Waals surface area contributed by atoms with Crippen molar-refractivity contribution in [1.82, 2.24) is 10.2 Å². The number of aliphatic hydroxyl groups is 1. The summed E-state index contributed by atoms with van der Waals surface area (Å²) in [6.45, 7) is 2.99. The summed E-state index contributed by atoms with van der Waals surface area (Å²) in [6, 6.07) is 85.2. The summed E-state index contributed by atoms with van der Waals surface area (Å²) >= 11 is 0. The molecule has 0 fully saturated rings. The Kier molecular flexibility index (Phi) is 24.2. The molecule has 0 bridgehead atoms. The molecule has 0 amide bonds. The minimum absolute atomic E-state index is 0.00912. The Morgan fingerprint density at radius 3 is 0.897 bits per heavy atom. The van der Waals surface area contributed by atoms with Crippen LogP contribution in [-0.4, -0.2) is 99.6 Å². The highest BCUT2D eigenvalue weighted by Crippen LogP contribution is 2.61. The van der Waals surface area contributed by atoms with Crippen LogP contribution in [0.4, 0.5) is 4.39 Å². The van der Waals surface area contributed by atoms with Gasteiger partial charge in [0.25, 0.3) is 0 Å². The van der Waals surface area contributed by atoms with Crippen LogP contribution in [0.15, 0.2) is 355 Å². The smallest absolute Gasteiger partial charge is 0.247 e. The van der Waals surface area contributed by atoms with Gasteiger partial charge in [-0.15, -0.1) is 10.2 Å². The summed E-state index contributed by atoms with van der Waals surface area (Å²) in [7, 11) is 0. The largest absolute Gasteiger partial charge is 0.491 e. The normalized spacial score (nSPS) is 20.9. The average Bonchev–Trinajstić information content (AvgIpc) is 1.61. The Hall–Kier alpha value is -16.1. The standard InChI is InChI=1S/C29H22O2.C26H20N2O3.C25H20O4.C25H22O4.C23H17FO2/c30-25-12-6-9-21-17-24-22-10-4-5-11-23(22)29(31)28(24)27(26(21)25)20-15-13-19(14-16-20)18-7-2-1-3-8-18;1-14-27-28-26(31-14)16-11-9-15(10-12-16)23-22-17(5-4-8-21(22)29)13-20-18-6-2-3-7-19(18)25(30)24(20)23;26-19-7-3-4-14-12-18-16-5-1-2-6-17(16)25(27)24(18)23(22(14)19)15-8-9-20-21(13-15)29-11-10-28-20;26-12-13-29-17-10-8-15(9-11-17)23-22-16(4-3-7-21(22)27)14-20-18-5-1-2-6-19(18)25(28)24(20)23;24-15-10-8-13(9-11-15)21-20-14(4-3-7-19(20)25)12-18-16-5-1-2-6-17(16)23(26)22(18)21/h1-5,7-8,10-11,13-16,27H,6,9,12,17H2;2-3,6-7,9-12,23H,4-5,8,13H2,1H3;1-2,5-6,8-9,13,23H,3-4,7,10-12H2;1-2,5-6,8-11,23,26H,3-4,7,12-14H2;1-2,5-6,8-11,21H,3-4,7,12H2. The summed E-state index contributed by atoms with van der Waals surface area (Å²) in [6.07, 6.45) is 15.4. The van der Waals surface area contributed by atoms with Crippen LogP contribution in [-0.2, 0) is 24.0 Å². The Morgan fingerprint density at radius 2 is 0.575 bits per heavy atom. The molecule has 0 saturated heterocycles. The number of ether oxygens (including phenoxy) is 3. The van der Waals surface area contributed by atoms with Crippen LogP contribution in [0, 0.1) is 12.7 Å². The lowest BCUT2D eigenvalue weighted by molar-refractivity contribution is -0.117. The van der Waals surface area contributed by atoms with Crippen molar-refractivity contribution in [3.8, 4) is 39.8 Å². The predicted molar refractivity (Wildman–Crippen MR) is 554 cm³/mol. The van der Waals surface area contributed by atoms with E-state index in [1.807, 2.05) is 200 Å². The number of fused-ring (bicyclic) bond motifs is 11. The molecule has 1 N–H and O–H groups in total. The number of halogens is 1. The quantitative estimate of drug-likeness (QED) is 0.133. The van der Waals surface area contributed by atoms with E-state index in [4.69, 9.17) is 23.7 Å². The Balaban J connectivity index is 0.0000000979. The first-order valence-electron chi connectivity index (χ1n) is 51.1. The van der Waals surface area contributed by atoms with E-state index in [-0.39, 0.29) is 106 Å². The van der Waals surface area contributed by atoms with E-state index in [1.165, 1.54) is 34.4 Å². The van der Waals surface area contributed by atoms with Gasteiger partial charge in [0.2, 0.25) is 11.8 Å². The lowest BCUT2D eigenvalue weighted by Gasteiger charge is -2.33. The molecule has 16 aliphatic rings. The zero-order chi connectivity index (χ0) is 99.4. The van der Waals surface area contributed by atoms with Gasteiger partial charge in [0, 0.05) is 158 Å². The number of rotatable bonds is 10. The highest BCUT2D eigenvalue weighted by molar-refractivity contribution is 6.28. The molecule has 0 spiro atoms. The van der Waals surface area contributed by atoms with Gasteiger partial charge in [-0.05, 0) is 239 Å². The number of ketones is 10. The molecule has 720 valence electrons. The van der Waals surface area contributed by atoms with E-state index >= 15 is 0 Å². The van der Waals surface area contributed by atoms with Gasteiger partial charge in [-0.3, -0.25) is 47.9 Å². The molecule has 5 atom stereocenters. The van der Waals surface area contributed by atoms with Crippen molar-refractivity contribution in [3.05, 3.63) is 446 Å². The first kappa shape index (κ1) is 92.4. The molecule has 17 nitrogen and oxygen atoms in total. The van der Waals surface area contributed by atoms with Crippen molar-refractivity contribution >= 4 is 85.7 Å². The molecule has 15 aliphatic carbocycles. The van der Waals surface area contributed by atoms with Crippen molar-refractivity contribution in [2.24, 2.45) is 0 Å². The SMILES string of the molecule is Cc1nnc(-c2ccc(C3C4=C(CCCC4=O)CC4=C3C(=O)c3ccccc34)cc2)o1.O=C1CCCC2=C1C(c1ccc(-c3ccccc3)cc1)C1=C(C2)c2ccccc2C1=O.O=C1CCCC2=C1C(c1ccc(F)cc1)C1=C(C2)c2ccccc2C1=O.O=C1CCCC2=C1C(c1ccc(OCCO)cc1)C1=C(C2)c2ccccc2C1=O.O=C1CCCC2=C1C(c1ccc3c(c1)OCCO3)C1=C(C2)c2ccccc2C1=O. The van der Waals surface area contributed by atoms with Gasteiger partial charge in [0.05, 0.1) is 6.61 Å². The Bertz CT molecular complexity index is 8050. The zero-order valence-electron chi connectivity index (χ0n) is 80.7. The minimum atomic E-state index is -0.373. The van der Waals surface area contributed by atoms with Crippen molar-refractivity contribution in [1.29, 1.82) is 0 Å². The highest BCUT2D eigenvalue weighted by Gasteiger charge is 2.51. The number of aliphatic hydroxyl groups excluding tert-OH is 1. The van der Waals surface area contributed by atoms with Gasteiger partial charge in [-0.25, -0.2) is 4.39 Å². The van der Waals surface area contributed by atoms with Crippen LogP contribution in [0.1, 0.15) is 271 Å². The van der Waals surface area contributed by atoms with Crippen LogP contribution >= 0.6 is 0 Å². The molecule has 2 heterocycles. The number of allylic oxidation sites excluding steroid dienone is 20. The van der Waals surface area contributed by atoms with Crippen molar-refractivity contribution in [2.75, 3.05) is 26.4 Å². The molecule has 0 radical (unpaired) electrons. The first-order valence-corrected chi connectivity index (χ1v) is 51.1. The molecule has 1 aromatic heterocycles. The van der Waals surface area contributed by atoms with Gasteiger partial charge in [-0.1, -0.05) is 246 Å². The lowest BCUT2D eigenvalue weighted by atomic mass is 9.69. The molecular weight excluding hydrogens is 1820 g/mol. The maximum Gasteiger partial charge on any atom is 0.247 e. The number of hydrogen-bond acceptors (Lipinski definition) is 17. The lowest BCUT2D eigenvalue weighted by Crippen LogP contribution is -2.25. The summed E-state index contributed by atoms with van der Waals surface area (Å²) in [5.74, 6) is 2.30. The summed E-state index contributed by atoms with van der Waals surface area (Å²) in [5.41, 5.74) is 36.1. The average molecular weight is 1930 g/mol. The third-order valence-corrected chi connectivity index (χ3v) is 32.0. The topological polar surface area (TPSA) is 258 Å². The number of carbonyl (C=O) groups excluding carboxylic acids is 10. The molecule has 11 aromatic carbocycles. The number of hydrogen-bond donors (Lipinski definition) is 1. The van der Waals surface area contributed by atoms with E-state index in [1.54, 1.807) is 19.1 Å². The predicted octanol–water partition coefficient (Wildman–Crippen LogP) is 25.7. The van der Waals surface area contributed by atoms with Crippen LogP contribution in [0.25, 0.3) is 50.4 Å². The maximum absolute atomic E-state index is 13.5. The Labute approximate surface area is 843 Å². The fourth-order valence-corrected chi connectivity index (χ4v) is 25.7.